The molecule has 0 amide bonds. The minimum atomic E-state index is -3.57. The monoisotopic (exact) mass is 430 g/mol. The summed E-state index contributed by atoms with van der Waals surface area (Å²) >= 11 is 1.10. The van der Waals surface area contributed by atoms with Gasteiger partial charge in [0.05, 0.1) is 36.4 Å². The van der Waals surface area contributed by atoms with Gasteiger partial charge in [-0.3, -0.25) is 8.99 Å². The normalized spacial score (nSPS) is 14.7. The van der Waals surface area contributed by atoms with E-state index < -0.39 is 22.3 Å². The molecule has 4 rings (SSSR count). The molecule has 0 radical (unpaired) electrons. The van der Waals surface area contributed by atoms with Crippen molar-refractivity contribution >= 4 is 27.0 Å². The summed E-state index contributed by atoms with van der Waals surface area (Å²) < 4.78 is 58.3. The van der Waals surface area contributed by atoms with Crippen molar-refractivity contribution in [1.82, 2.24) is 25.0 Å². The zero-order valence-electron chi connectivity index (χ0n) is 14.7. The number of anilines is 1. The first-order chi connectivity index (χ1) is 13.4. The number of thiazole rings is 1. The van der Waals surface area contributed by atoms with Gasteiger partial charge in [0.2, 0.25) is 10.0 Å². The molecule has 0 spiro atoms. The summed E-state index contributed by atoms with van der Waals surface area (Å²) in [6, 6.07) is 0.327. The number of alkyl halides is 2. The van der Waals surface area contributed by atoms with E-state index in [0.29, 0.717) is 21.6 Å². The van der Waals surface area contributed by atoms with Gasteiger partial charge in [0.25, 0.3) is 11.8 Å². The summed E-state index contributed by atoms with van der Waals surface area (Å²) in [6.07, 6.45) is 3.83. The lowest BCUT2D eigenvalue weighted by molar-refractivity contribution is 0.116. The second-order valence-corrected chi connectivity index (χ2v) is 9.48. The van der Waals surface area contributed by atoms with Gasteiger partial charge in [-0.05, 0) is 19.8 Å². The Morgan fingerprint density at radius 3 is 2.79 bits per heavy atom. The Bertz CT molecular complexity index is 1070. The van der Waals surface area contributed by atoms with Crippen molar-refractivity contribution in [2.24, 2.45) is 0 Å². The minimum Gasteiger partial charge on any atom is -0.414 e. The van der Waals surface area contributed by atoms with Crippen LogP contribution >= 0.6 is 11.3 Å². The highest BCUT2D eigenvalue weighted by molar-refractivity contribution is 7.92. The van der Waals surface area contributed by atoms with E-state index in [1.165, 1.54) is 16.7 Å². The summed E-state index contributed by atoms with van der Waals surface area (Å²) in [4.78, 5) is 4.57. The predicted molar refractivity (Wildman–Crippen MR) is 96.5 cm³/mol. The number of halogens is 2. The van der Waals surface area contributed by atoms with E-state index in [1.54, 1.807) is 17.8 Å². The Hall–Kier alpha value is -2.41. The van der Waals surface area contributed by atoms with Crippen molar-refractivity contribution < 1.29 is 21.6 Å². The Labute approximate surface area is 163 Å². The van der Waals surface area contributed by atoms with E-state index in [1.807, 2.05) is 0 Å². The number of aromatic nitrogens is 5. The highest BCUT2D eigenvalue weighted by Crippen LogP contribution is 2.36. The highest BCUT2D eigenvalue weighted by atomic mass is 32.2. The molecule has 28 heavy (non-hydrogen) atoms. The van der Waals surface area contributed by atoms with Gasteiger partial charge in [0.1, 0.15) is 9.88 Å². The molecule has 3 aromatic heterocycles. The number of rotatable bonds is 8. The van der Waals surface area contributed by atoms with E-state index in [-0.39, 0.29) is 18.2 Å². The summed E-state index contributed by atoms with van der Waals surface area (Å²) in [6.45, 7) is 1.55. The molecule has 0 aliphatic heterocycles. The van der Waals surface area contributed by atoms with E-state index >= 15 is 0 Å². The van der Waals surface area contributed by atoms with Gasteiger partial charge in [-0.2, -0.15) is 13.9 Å². The quantitative estimate of drug-likeness (QED) is 0.541. The van der Waals surface area contributed by atoms with Gasteiger partial charge in [0, 0.05) is 6.20 Å². The van der Waals surface area contributed by atoms with E-state index in [4.69, 9.17) is 4.42 Å². The van der Waals surface area contributed by atoms with Crippen molar-refractivity contribution in [2.45, 2.75) is 38.8 Å². The van der Waals surface area contributed by atoms with Crippen molar-refractivity contribution in [3.05, 3.63) is 29.5 Å². The highest BCUT2D eigenvalue weighted by Gasteiger charge is 2.28. The fourth-order valence-electron chi connectivity index (χ4n) is 2.53. The molecule has 1 aliphatic carbocycles. The minimum absolute atomic E-state index is 0.00690. The van der Waals surface area contributed by atoms with Crippen LogP contribution in [0.1, 0.15) is 43.1 Å². The van der Waals surface area contributed by atoms with Gasteiger partial charge >= 0.3 is 6.43 Å². The van der Waals surface area contributed by atoms with Crippen LogP contribution in [0.2, 0.25) is 0 Å². The van der Waals surface area contributed by atoms with Crippen LogP contribution in [0.5, 0.6) is 0 Å². The lowest BCUT2D eigenvalue weighted by Crippen LogP contribution is -2.31. The van der Waals surface area contributed by atoms with Gasteiger partial charge in [0.15, 0.2) is 0 Å². The molecule has 1 saturated carbocycles. The number of sulfonamides is 1. The molecule has 3 aromatic rings. The molecule has 0 atom stereocenters. The zero-order chi connectivity index (χ0) is 19.9. The summed E-state index contributed by atoms with van der Waals surface area (Å²) in [5, 5.41) is 11.6. The molecule has 3 heterocycles. The van der Waals surface area contributed by atoms with Crippen LogP contribution in [-0.2, 0) is 16.6 Å². The first-order valence-corrected chi connectivity index (χ1v) is 10.9. The standard InChI is InChI=1S/C15H16F2N6O3S2/c1-2-28(24,25)23(10-5-19-22(7-10)9-3-4-9)8-12-18-6-11(27-12)14-20-21-15(26-14)13(16)17/h5-7,9,13H,2-4,8H2,1H3. The average Bonchev–Trinajstić information content (AvgIpc) is 3.08. The van der Waals surface area contributed by atoms with Gasteiger partial charge < -0.3 is 4.42 Å². The lowest BCUT2D eigenvalue weighted by atomic mass is 10.5. The fraction of sp³-hybridized carbons (Fsp3) is 0.467. The van der Waals surface area contributed by atoms with Crippen molar-refractivity contribution in [1.29, 1.82) is 0 Å². The smallest absolute Gasteiger partial charge is 0.314 e. The largest absolute Gasteiger partial charge is 0.414 e. The third-order valence-electron chi connectivity index (χ3n) is 4.17. The van der Waals surface area contributed by atoms with Gasteiger partial charge in [-0.15, -0.1) is 21.5 Å². The maximum Gasteiger partial charge on any atom is 0.314 e. The second kappa shape index (κ2) is 7.20. The molecule has 1 aliphatic rings. The zero-order valence-corrected chi connectivity index (χ0v) is 16.3. The van der Waals surface area contributed by atoms with Crippen LogP contribution < -0.4 is 4.31 Å². The summed E-state index contributed by atoms with van der Waals surface area (Å²) in [5.74, 6) is -0.931. The number of hydrogen-bond acceptors (Lipinski definition) is 8. The molecule has 1 fully saturated rings. The Morgan fingerprint density at radius 1 is 1.36 bits per heavy atom. The second-order valence-electron chi connectivity index (χ2n) is 6.18. The first-order valence-electron chi connectivity index (χ1n) is 8.48. The topological polar surface area (TPSA) is 107 Å². The molecule has 150 valence electrons. The van der Waals surface area contributed by atoms with Crippen molar-refractivity contribution in [3.8, 4) is 10.8 Å². The van der Waals surface area contributed by atoms with Gasteiger partial charge in [-0.1, -0.05) is 0 Å². The molecular formula is C15H16F2N6O3S2. The Kier molecular flexibility index (Phi) is 4.87. The third-order valence-corrected chi connectivity index (χ3v) is 6.88. The molecule has 0 N–H and O–H groups in total. The predicted octanol–water partition coefficient (Wildman–Crippen LogP) is 3.02. The van der Waals surface area contributed by atoms with Crippen LogP contribution in [0.25, 0.3) is 10.8 Å². The molecule has 0 aromatic carbocycles. The van der Waals surface area contributed by atoms with Crippen LogP contribution in [0.15, 0.2) is 23.0 Å². The van der Waals surface area contributed by atoms with E-state index in [9.17, 15) is 17.2 Å². The Balaban J connectivity index is 1.59. The SMILES string of the molecule is CCS(=O)(=O)N(Cc1ncc(-c2nnc(C(F)F)o2)s1)c1cnn(C2CC2)c1. The Morgan fingerprint density at radius 2 is 2.14 bits per heavy atom. The van der Waals surface area contributed by atoms with E-state index in [0.717, 1.165) is 24.2 Å². The molecule has 9 nitrogen and oxygen atoms in total. The van der Waals surface area contributed by atoms with Crippen LogP contribution in [0.3, 0.4) is 0 Å². The molecule has 13 heteroatoms. The maximum atomic E-state index is 12.6. The first kappa shape index (κ1) is 18.9. The third kappa shape index (κ3) is 3.76. The summed E-state index contributed by atoms with van der Waals surface area (Å²) in [7, 11) is -3.57. The van der Waals surface area contributed by atoms with Crippen LogP contribution in [0.4, 0.5) is 14.5 Å². The van der Waals surface area contributed by atoms with E-state index in [2.05, 4.69) is 20.3 Å². The fourth-order valence-corrected chi connectivity index (χ4v) is 4.49. The average molecular weight is 430 g/mol. The van der Waals surface area contributed by atoms with Crippen LogP contribution in [0, 0.1) is 0 Å². The molecule has 0 saturated heterocycles. The lowest BCUT2D eigenvalue weighted by Gasteiger charge is -2.20. The summed E-state index contributed by atoms with van der Waals surface area (Å²) in [5.41, 5.74) is 0.461. The number of hydrogen-bond donors (Lipinski definition) is 0. The number of nitrogens with zero attached hydrogens (tertiary/aromatic N) is 6. The van der Waals surface area contributed by atoms with Crippen molar-refractivity contribution in [2.75, 3.05) is 10.1 Å². The van der Waals surface area contributed by atoms with Gasteiger partial charge in [-0.25, -0.2) is 13.4 Å². The van der Waals surface area contributed by atoms with Crippen molar-refractivity contribution in [3.63, 3.8) is 0 Å². The molecular weight excluding hydrogens is 414 g/mol. The maximum absolute atomic E-state index is 12.6. The van der Waals surface area contributed by atoms with Crippen LogP contribution in [-0.4, -0.2) is 39.1 Å². The molecule has 0 unspecified atom stereocenters. The molecule has 0 bridgehead atoms.